The normalized spacial score (nSPS) is 34.7. The molecule has 2 N–H and O–H groups in total. The largest absolute Gasteiger partial charge is 0.379 e. The van der Waals surface area contributed by atoms with Crippen molar-refractivity contribution >= 4 is 5.91 Å². The molecule has 2 fully saturated rings. The first kappa shape index (κ1) is 12.8. The number of hydrogen-bond acceptors (Lipinski definition) is 4. The smallest absolute Gasteiger partial charge is 0.241 e. The minimum Gasteiger partial charge on any atom is -0.379 e. The molecule has 17 heavy (non-hydrogen) atoms. The van der Waals surface area contributed by atoms with E-state index in [0.29, 0.717) is 5.92 Å². The molecule has 2 aliphatic rings. The Hall–Kier alpha value is -0.650. The third kappa shape index (κ3) is 2.97. The van der Waals surface area contributed by atoms with E-state index in [-0.39, 0.29) is 18.1 Å². The Morgan fingerprint density at radius 3 is 2.88 bits per heavy atom. The van der Waals surface area contributed by atoms with Gasteiger partial charge in [-0.1, -0.05) is 6.92 Å². The molecule has 0 aliphatic carbocycles. The van der Waals surface area contributed by atoms with Crippen molar-refractivity contribution in [2.24, 2.45) is 5.92 Å². The Kier molecular flexibility index (Phi) is 4.36. The van der Waals surface area contributed by atoms with Crippen LogP contribution in [0.3, 0.4) is 0 Å². The number of nitrogens with one attached hydrogen (secondary N) is 2. The van der Waals surface area contributed by atoms with Gasteiger partial charge in [0, 0.05) is 39.8 Å². The molecule has 0 aromatic heterocycles. The van der Waals surface area contributed by atoms with Crippen LogP contribution in [-0.4, -0.2) is 62.8 Å². The zero-order chi connectivity index (χ0) is 12.3. The van der Waals surface area contributed by atoms with Crippen molar-refractivity contribution in [1.82, 2.24) is 15.5 Å². The summed E-state index contributed by atoms with van der Waals surface area (Å²) in [4.78, 5) is 14.2. The van der Waals surface area contributed by atoms with Gasteiger partial charge >= 0.3 is 0 Å². The highest BCUT2D eigenvalue weighted by molar-refractivity contribution is 5.82. The monoisotopic (exact) mass is 241 g/mol. The summed E-state index contributed by atoms with van der Waals surface area (Å²) in [5.74, 6) is 0.757. The SMILES string of the molecule is COC1CN(C(=O)C2CNCCN2)CCC1C. The molecule has 3 unspecified atom stereocenters. The summed E-state index contributed by atoms with van der Waals surface area (Å²) in [6.07, 6.45) is 1.22. The number of rotatable bonds is 2. The summed E-state index contributed by atoms with van der Waals surface area (Å²) in [5.41, 5.74) is 0. The molecule has 1 amide bonds. The van der Waals surface area contributed by atoms with E-state index in [9.17, 15) is 4.79 Å². The number of piperidine rings is 1. The van der Waals surface area contributed by atoms with Crippen LogP contribution in [0.15, 0.2) is 0 Å². The minimum atomic E-state index is -0.0605. The summed E-state index contributed by atoms with van der Waals surface area (Å²) >= 11 is 0. The van der Waals surface area contributed by atoms with E-state index in [1.54, 1.807) is 7.11 Å². The maximum atomic E-state index is 12.3. The van der Waals surface area contributed by atoms with E-state index in [1.807, 2.05) is 4.90 Å². The first-order chi connectivity index (χ1) is 8.22. The highest BCUT2D eigenvalue weighted by atomic mass is 16.5. The number of amides is 1. The lowest BCUT2D eigenvalue weighted by molar-refractivity contribution is -0.138. The molecule has 2 saturated heterocycles. The van der Waals surface area contributed by atoms with Gasteiger partial charge in [-0.05, 0) is 12.3 Å². The second-order valence-corrected chi connectivity index (χ2v) is 5.04. The molecule has 5 heteroatoms. The predicted octanol–water partition coefficient (Wildman–Crippen LogP) is -0.569. The van der Waals surface area contributed by atoms with Gasteiger partial charge in [0.15, 0.2) is 0 Å². The number of carbonyl (C=O) groups excluding carboxylic acids is 1. The van der Waals surface area contributed by atoms with Crippen LogP contribution in [0, 0.1) is 5.92 Å². The molecule has 2 aliphatic heterocycles. The lowest BCUT2D eigenvalue weighted by atomic mass is 9.95. The molecule has 3 atom stereocenters. The van der Waals surface area contributed by atoms with Gasteiger partial charge in [-0.25, -0.2) is 0 Å². The third-order valence-electron chi connectivity index (χ3n) is 3.84. The highest BCUT2D eigenvalue weighted by Gasteiger charge is 2.32. The molecule has 0 spiro atoms. The van der Waals surface area contributed by atoms with Crippen molar-refractivity contribution in [3.8, 4) is 0 Å². The van der Waals surface area contributed by atoms with Gasteiger partial charge in [0.05, 0.1) is 12.1 Å². The summed E-state index contributed by atoms with van der Waals surface area (Å²) in [5, 5.41) is 6.51. The van der Waals surface area contributed by atoms with Crippen LogP contribution in [0.2, 0.25) is 0 Å². The summed E-state index contributed by atoms with van der Waals surface area (Å²) < 4.78 is 5.44. The van der Waals surface area contributed by atoms with Gasteiger partial charge < -0.3 is 20.3 Å². The van der Waals surface area contributed by atoms with Gasteiger partial charge in [0.2, 0.25) is 5.91 Å². The van der Waals surface area contributed by atoms with Gasteiger partial charge in [0.25, 0.3) is 0 Å². The molecule has 0 aromatic carbocycles. The van der Waals surface area contributed by atoms with Crippen molar-refractivity contribution in [3.05, 3.63) is 0 Å². The molecular weight excluding hydrogens is 218 g/mol. The van der Waals surface area contributed by atoms with Crippen LogP contribution in [0.4, 0.5) is 0 Å². The number of methoxy groups -OCH3 is 1. The van der Waals surface area contributed by atoms with E-state index in [1.165, 1.54) is 0 Å². The fourth-order valence-corrected chi connectivity index (χ4v) is 2.59. The first-order valence-electron chi connectivity index (χ1n) is 6.48. The van der Waals surface area contributed by atoms with Crippen LogP contribution in [0.25, 0.3) is 0 Å². The Balaban J connectivity index is 1.90. The Bertz CT molecular complexity index is 266. The first-order valence-corrected chi connectivity index (χ1v) is 6.48. The molecule has 0 aromatic rings. The maximum Gasteiger partial charge on any atom is 0.241 e. The van der Waals surface area contributed by atoms with E-state index in [4.69, 9.17) is 4.74 Å². The molecule has 98 valence electrons. The van der Waals surface area contributed by atoms with Crippen LogP contribution in [0.5, 0.6) is 0 Å². The molecule has 2 rings (SSSR count). The molecule has 0 saturated carbocycles. The standard InChI is InChI=1S/C12H23N3O2/c1-9-3-6-15(8-11(9)17-2)12(16)10-7-13-4-5-14-10/h9-11,13-14H,3-8H2,1-2H3. The number of hydrogen-bond donors (Lipinski definition) is 2. The van der Waals surface area contributed by atoms with Gasteiger partial charge in [-0.2, -0.15) is 0 Å². The molecule has 0 radical (unpaired) electrons. The molecular formula is C12H23N3O2. The quantitative estimate of drug-likeness (QED) is 0.680. The average Bonchev–Trinajstić information content (AvgIpc) is 2.39. The number of piperazine rings is 1. The third-order valence-corrected chi connectivity index (χ3v) is 3.84. The zero-order valence-electron chi connectivity index (χ0n) is 10.7. The summed E-state index contributed by atoms with van der Waals surface area (Å²) in [6.45, 7) is 6.33. The van der Waals surface area contributed by atoms with Crippen molar-refractivity contribution in [2.75, 3.05) is 39.8 Å². The minimum absolute atomic E-state index is 0.0605. The van der Waals surface area contributed by atoms with Crippen LogP contribution < -0.4 is 10.6 Å². The molecule has 5 nitrogen and oxygen atoms in total. The van der Waals surface area contributed by atoms with Crippen molar-refractivity contribution in [3.63, 3.8) is 0 Å². The number of likely N-dealkylation sites (tertiary alicyclic amines) is 1. The van der Waals surface area contributed by atoms with Gasteiger partial charge in [0.1, 0.15) is 0 Å². The van der Waals surface area contributed by atoms with E-state index >= 15 is 0 Å². The fraction of sp³-hybridized carbons (Fsp3) is 0.917. The van der Waals surface area contributed by atoms with Crippen LogP contribution in [0.1, 0.15) is 13.3 Å². The lowest BCUT2D eigenvalue weighted by Gasteiger charge is -2.38. The number of nitrogens with zero attached hydrogens (tertiary/aromatic N) is 1. The fourth-order valence-electron chi connectivity index (χ4n) is 2.59. The Labute approximate surface area is 103 Å². The van der Waals surface area contributed by atoms with Crippen molar-refractivity contribution < 1.29 is 9.53 Å². The highest BCUT2D eigenvalue weighted by Crippen LogP contribution is 2.20. The van der Waals surface area contributed by atoms with Gasteiger partial charge in [-0.3, -0.25) is 4.79 Å². The van der Waals surface area contributed by atoms with Crippen molar-refractivity contribution in [1.29, 1.82) is 0 Å². The second kappa shape index (κ2) is 5.80. The Morgan fingerprint density at radius 2 is 2.24 bits per heavy atom. The van der Waals surface area contributed by atoms with E-state index < -0.39 is 0 Å². The average molecular weight is 241 g/mol. The maximum absolute atomic E-state index is 12.3. The predicted molar refractivity (Wildman–Crippen MR) is 65.8 cm³/mol. The van der Waals surface area contributed by atoms with E-state index in [0.717, 1.165) is 39.1 Å². The van der Waals surface area contributed by atoms with Gasteiger partial charge in [-0.15, -0.1) is 0 Å². The van der Waals surface area contributed by atoms with E-state index in [2.05, 4.69) is 17.6 Å². The topological polar surface area (TPSA) is 53.6 Å². The number of ether oxygens (including phenoxy) is 1. The zero-order valence-corrected chi connectivity index (χ0v) is 10.7. The van der Waals surface area contributed by atoms with Crippen LogP contribution in [-0.2, 0) is 9.53 Å². The molecule has 2 heterocycles. The summed E-state index contributed by atoms with van der Waals surface area (Å²) in [7, 11) is 1.73. The Morgan fingerprint density at radius 1 is 1.41 bits per heavy atom. The van der Waals surface area contributed by atoms with Crippen molar-refractivity contribution in [2.45, 2.75) is 25.5 Å². The number of carbonyl (C=O) groups is 1. The molecule has 0 bridgehead atoms. The summed E-state index contributed by atoms with van der Waals surface area (Å²) in [6, 6.07) is -0.0605. The van der Waals surface area contributed by atoms with Crippen LogP contribution >= 0.6 is 0 Å². The lowest BCUT2D eigenvalue weighted by Crippen LogP contribution is -2.59. The second-order valence-electron chi connectivity index (χ2n) is 5.04.